The predicted molar refractivity (Wildman–Crippen MR) is 75.4 cm³/mol. The summed E-state index contributed by atoms with van der Waals surface area (Å²) < 4.78 is 0. The van der Waals surface area contributed by atoms with Crippen molar-refractivity contribution in [3.8, 4) is 0 Å². The lowest BCUT2D eigenvalue weighted by molar-refractivity contribution is -0.128. The van der Waals surface area contributed by atoms with Crippen LogP contribution in [0.1, 0.15) is 37.8 Å². The van der Waals surface area contributed by atoms with E-state index in [1.807, 2.05) is 6.07 Å². The van der Waals surface area contributed by atoms with Crippen LogP contribution in [0, 0.1) is 0 Å². The van der Waals surface area contributed by atoms with Crippen LogP contribution in [0.25, 0.3) is 0 Å². The molecule has 0 aliphatic carbocycles. The molecule has 18 heavy (non-hydrogen) atoms. The molecule has 1 rings (SSSR count). The third-order valence-corrected chi connectivity index (χ3v) is 3.07. The SMILES string of the molecule is CCC(NCCCC(=O)N(C)C)c1ccccc1. The van der Waals surface area contributed by atoms with Gasteiger partial charge in [0.25, 0.3) is 0 Å². The Kier molecular flexibility index (Phi) is 6.44. The van der Waals surface area contributed by atoms with Crippen molar-refractivity contribution >= 4 is 5.91 Å². The number of amides is 1. The lowest BCUT2D eigenvalue weighted by atomic mass is 10.0. The van der Waals surface area contributed by atoms with E-state index in [2.05, 4.69) is 36.5 Å². The molecule has 1 unspecified atom stereocenters. The largest absolute Gasteiger partial charge is 0.349 e. The standard InChI is InChI=1S/C15H24N2O/c1-4-14(13-9-6-5-7-10-13)16-12-8-11-15(18)17(2)3/h5-7,9-10,14,16H,4,8,11-12H2,1-3H3. The number of hydrogen-bond acceptors (Lipinski definition) is 2. The quantitative estimate of drug-likeness (QED) is 0.752. The van der Waals surface area contributed by atoms with Gasteiger partial charge in [-0.25, -0.2) is 0 Å². The second-order valence-electron chi connectivity index (χ2n) is 4.72. The fourth-order valence-electron chi connectivity index (χ4n) is 1.92. The van der Waals surface area contributed by atoms with Crippen molar-refractivity contribution in [1.29, 1.82) is 0 Å². The van der Waals surface area contributed by atoms with Crippen LogP contribution < -0.4 is 5.32 Å². The first-order chi connectivity index (χ1) is 8.65. The van der Waals surface area contributed by atoms with Gasteiger partial charge in [0.2, 0.25) is 5.91 Å². The molecule has 0 bridgehead atoms. The second-order valence-corrected chi connectivity index (χ2v) is 4.72. The summed E-state index contributed by atoms with van der Waals surface area (Å²) in [6.07, 6.45) is 2.57. The number of rotatable bonds is 7. The zero-order valence-electron chi connectivity index (χ0n) is 11.6. The third-order valence-electron chi connectivity index (χ3n) is 3.07. The summed E-state index contributed by atoms with van der Waals surface area (Å²) in [5.74, 6) is 0.199. The van der Waals surface area contributed by atoms with E-state index in [-0.39, 0.29) is 5.91 Å². The van der Waals surface area contributed by atoms with Crippen molar-refractivity contribution in [3.05, 3.63) is 35.9 Å². The average Bonchev–Trinajstić information content (AvgIpc) is 2.39. The molecule has 1 amide bonds. The minimum absolute atomic E-state index is 0.199. The molecule has 1 aromatic rings. The van der Waals surface area contributed by atoms with E-state index in [0.29, 0.717) is 12.5 Å². The van der Waals surface area contributed by atoms with Crippen molar-refractivity contribution in [1.82, 2.24) is 10.2 Å². The van der Waals surface area contributed by atoms with Gasteiger partial charge in [-0.15, -0.1) is 0 Å². The van der Waals surface area contributed by atoms with Crippen molar-refractivity contribution in [2.24, 2.45) is 0 Å². The molecule has 0 aromatic heterocycles. The van der Waals surface area contributed by atoms with Crippen molar-refractivity contribution < 1.29 is 4.79 Å². The first-order valence-corrected chi connectivity index (χ1v) is 6.63. The van der Waals surface area contributed by atoms with Crippen molar-refractivity contribution in [2.75, 3.05) is 20.6 Å². The number of nitrogens with one attached hydrogen (secondary N) is 1. The summed E-state index contributed by atoms with van der Waals surface area (Å²) in [6.45, 7) is 3.06. The van der Waals surface area contributed by atoms with E-state index in [9.17, 15) is 4.79 Å². The zero-order valence-corrected chi connectivity index (χ0v) is 11.6. The molecule has 0 saturated carbocycles. The van der Waals surface area contributed by atoms with Crippen LogP contribution in [0.5, 0.6) is 0 Å². The first-order valence-electron chi connectivity index (χ1n) is 6.63. The zero-order chi connectivity index (χ0) is 13.4. The highest BCUT2D eigenvalue weighted by atomic mass is 16.2. The molecule has 1 N–H and O–H groups in total. The molecule has 1 atom stereocenters. The Morgan fingerprint density at radius 2 is 1.94 bits per heavy atom. The van der Waals surface area contributed by atoms with Crippen LogP contribution >= 0.6 is 0 Å². The molecule has 0 aliphatic rings. The highest BCUT2D eigenvalue weighted by Crippen LogP contribution is 2.15. The highest BCUT2D eigenvalue weighted by Gasteiger charge is 2.08. The molecular weight excluding hydrogens is 224 g/mol. The molecule has 0 fully saturated rings. The van der Waals surface area contributed by atoms with Gasteiger partial charge in [-0.2, -0.15) is 0 Å². The molecule has 0 radical (unpaired) electrons. The Hall–Kier alpha value is -1.35. The van der Waals surface area contributed by atoms with Gasteiger partial charge in [-0.1, -0.05) is 37.3 Å². The fraction of sp³-hybridized carbons (Fsp3) is 0.533. The van der Waals surface area contributed by atoms with Crippen LogP contribution in [0.4, 0.5) is 0 Å². The van der Waals surface area contributed by atoms with Gasteiger partial charge in [0.1, 0.15) is 0 Å². The highest BCUT2D eigenvalue weighted by molar-refractivity contribution is 5.75. The van der Waals surface area contributed by atoms with E-state index in [4.69, 9.17) is 0 Å². The average molecular weight is 248 g/mol. The number of carbonyl (C=O) groups is 1. The normalized spacial score (nSPS) is 12.2. The molecule has 100 valence electrons. The molecule has 0 spiro atoms. The molecule has 0 heterocycles. The Balaban J connectivity index is 2.31. The van der Waals surface area contributed by atoms with Gasteiger partial charge < -0.3 is 10.2 Å². The maximum atomic E-state index is 11.4. The van der Waals surface area contributed by atoms with Crippen LogP contribution in [0.2, 0.25) is 0 Å². The van der Waals surface area contributed by atoms with Crippen LogP contribution in [0.3, 0.4) is 0 Å². The number of carbonyl (C=O) groups excluding carboxylic acids is 1. The smallest absolute Gasteiger partial charge is 0.222 e. The van der Waals surface area contributed by atoms with Crippen LogP contribution in [-0.4, -0.2) is 31.4 Å². The summed E-state index contributed by atoms with van der Waals surface area (Å²) in [5, 5.41) is 3.51. The Bertz CT molecular complexity index is 349. The van der Waals surface area contributed by atoms with E-state index in [0.717, 1.165) is 19.4 Å². The second kappa shape index (κ2) is 7.88. The van der Waals surface area contributed by atoms with E-state index in [1.54, 1.807) is 19.0 Å². The first kappa shape index (κ1) is 14.7. The number of hydrogen-bond donors (Lipinski definition) is 1. The molecule has 0 saturated heterocycles. The maximum absolute atomic E-state index is 11.4. The van der Waals surface area contributed by atoms with Gasteiger partial charge in [0, 0.05) is 26.6 Å². The molecule has 3 heteroatoms. The van der Waals surface area contributed by atoms with Gasteiger partial charge in [0.15, 0.2) is 0 Å². The van der Waals surface area contributed by atoms with E-state index in [1.165, 1.54) is 5.56 Å². The fourth-order valence-corrected chi connectivity index (χ4v) is 1.92. The van der Waals surface area contributed by atoms with Crippen LogP contribution in [0.15, 0.2) is 30.3 Å². The lowest BCUT2D eigenvalue weighted by Gasteiger charge is -2.17. The van der Waals surface area contributed by atoms with E-state index >= 15 is 0 Å². The number of benzene rings is 1. The topological polar surface area (TPSA) is 32.3 Å². The van der Waals surface area contributed by atoms with Gasteiger partial charge in [0.05, 0.1) is 0 Å². The Labute approximate surface area is 110 Å². The lowest BCUT2D eigenvalue weighted by Crippen LogP contribution is -2.25. The van der Waals surface area contributed by atoms with Gasteiger partial charge in [-0.05, 0) is 24.9 Å². The van der Waals surface area contributed by atoms with Crippen molar-refractivity contribution in [2.45, 2.75) is 32.2 Å². The molecular formula is C15H24N2O. The molecule has 1 aromatic carbocycles. The van der Waals surface area contributed by atoms with Gasteiger partial charge in [-0.3, -0.25) is 4.79 Å². The van der Waals surface area contributed by atoms with Crippen LogP contribution in [-0.2, 0) is 4.79 Å². The summed E-state index contributed by atoms with van der Waals surface area (Å²) in [5.41, 5.74) is 1.32. The monoisotopic (exact) mass is 248 g/mol. The summed E-state index contributed by atoms with van der Waals surface area (Å²) in [4.78, 5) is 13.1. The minimum Gasteiger partial charge on any atom is -0.349 e. The summed E-state index contributed by atoms with van der Waals surface area (Å²) in [7, 11) is 3.60. The maximum Gasteiger partial charge on any atom is 0.222 e. The number of nitrogens with zero attached hydrogens (tertiary/aromatic N) is 1. The van der Waals surface area contributed by atoms with Gasteiger partial charge >= 0.3 is 0 Å². The minimum atomic E-state index is 0.199. The summed E-state index contributed by atoms with van der Waals surface area (Å²) >= 11 is 0. The third kappa shape index (κ3) is 4.88. The molecule has 3 nitrogen and oxygen atoms in total. The Morgan fingerprint density at radius 1 is 1.28 bits per heavy atom. The van der Waals surface area contributed by atoms with Crippen molar-refractivity contribution in [3.63, 3.8) is 0 Å². The Morgan fingerprint density at radius 3 is 2.50 bits per heavy atom. The predicted octanol–water partition coefficient (Wildman–Crippen LogP) is 2.60. The summed E-state index contributed by atoms with van der Waals surface area (Å²) in [6, 6.07) is 10.8. The van der Waals surface area contributed by atoms with E-state index < -0.39 is 0 Å². The molecule has 0 aliphatic heterocycles.